The smallest absolute Gasteiger partial charge is 0.416 e. The molecular weight excluding hydrogens is 363 g/mol. The van der Waals surface area contributed by atoms with Gasteiger partial charge in [-0.25, -0.2) is 0 Å². The molecule has 0 heterocycles. The minimum Gasteiger partial charge on any atom is -0.456 e. The summed E-state index contributed by atoms with van der Waals surface area (Å²) in [6.07, 6.45) is -4.55. The molecule has 0 fully saturated rings. The lowest BCUT2D eigenvalue weighted by Gasteiger charge is -2.29. The second-order valence-electron chi connectivity index (χ2n) is 5.17. The van der Waals surface area contributed by atoms with Crippen LogP contribution in [0.5, 0.6) is 5.75 Å². The Kier molecular flexibility index (Phi) is 5.24. The lowest BCUT2D eigenvalue weighted by molar-refractivity contribution is -0.387. The van der Waals surface area contributed by atoms with Crippen LogP contribution >= 0.6 is 11.6 Å². The van der Waals surface area contributed by atoms with Crippen LogP contribution in [0.4, 0.5) is 18.9 Å². The zero-order valence-electron chi connectivity index (χ0n) is 13.1. The number of methoxy groups -OCH3 is 1. The average Bonchev–Trinajstić information content (AvgIpc) is 2.55. The van der Waals surface area contributed by atoms with Gasteiger partial charge in [0.05, 0.1) is 15.5 Å². The van der Waals surface area contributed by atoms with Crippen LogP contribution in [0.1, 0.15) is 18.1 Å². The summed E-state index contributed by atoms with van der Waals surface area (Å²) in [4.78, 5) is 10.6. The molecule has 0 aliphatic heterocycles. The number of nitro benzene ring substituents is 1. The standard InChI is InChI=1S/C16H13ClF3NO4/c1-15(24-2,11-5-3-4-6-13(11)21(22)23)25-14-8-7-10(9-12(14)17)16(18,19)20/h3-9H,1-2H3. The maximum Gasteiger partial charge on any atom is 0.416 e. The van der Waals surface area contributed by atoms with Gasteiger partial charge in [-0.05, 0) is 24.3 Å². The highest BCUT2D eigenvalue weighted by molar-refractivity contribution is 6.32. The van der Waals surface area contributed by atoms with E-state index in [2.05, 4.69) is 0 Å². The van der Waals surface area contributed by atoms with Gasteiger partial charge in [0.15, 0.2) is 0 Å². The van der Waals surface area contributed by atoms with Crippen LogP contribution in [0.3, 0.4) is 0 Å². The van der Waals surface area contributed by atoms with Gasteiger partial charge in [0, 0.05) is 20.1 Å². The zero-order valence-corrected chi connectivity index (χ0v) is 13.9. The van der Waals surface area contributed by atoms with Crippen LogP contribution in [-0.4, -0.2) is 12.0 Å². The van der Waals surface area contributed by atoms with Crippen LogP contribution in [-0.2, 0) is 16.7 Å². The van der Waals surface area contributed by atoms with Crippen LogP contribution < -0.4 is 4.74 Å². The van der Waals surface area contributed by atoms with Crippen molar-refractivity contribution in [3.8, 4) is 5.75 Å². The molecule has 5 nitrogen and oxygen atoms in total. The van der Waals surface area contributed by atoms with Crippen LogP contribution in [0.25, 0.3) is 0 Å². The fourth-order valence-electron chi connectivity index (χ4n) is 2.19. The molecule has 25 heavy (non-hydrogen) atoms. The Labute approximate surface area is 146 Å². The van der Waals surface area contributed by atoms with Crippen LogP contribution in [0.15, 0.2) is 42.5 Å². The zero-order chi connectivity index (χ0) is 18.8. The predicted molar refractivity (Wildman–Crippen MR) is 84.5 cm³/mol. The number of benzene rings is 2. The van der Waals surface area contributed by atoms with Crippen molar-refractivity contribution in [2.24, 2.45) is 0 Å². The molecule has 1 atom stereocenters. The first-order chi connectivity index (χ1) is 11.6. The molecule has 0 amide bonds. The number of rotatable bonds is 5. The molecule has 134 valence electrons. The number of para-hydroxylation sites is 1. The van der Waals surface area contributed by atoms with Crippen molar-refractivity contribution in [3.05, 3.63) is 68.7 Å². The second kappa shape index (κ2) is 6.89. The first-order valence-corrected chi connectivity index (χ1v) is 7.31. The highest BCUT2D eigenvalue weighted by Crippen LogP contribution is 2.39. The van der Waals surface area contributed by atoms with Gasteiger partial charge in [0.1, 0.15) is 11.3 Å². The highest BCUT2D eigenvalue weighted by Gasteiger charge is 2.37. The summed E-state index contributed by atoms with van der Waals surface area (Å²) in [5.74, 6) is -1.73. The van der Waals surface area contributed by atoms with Crippen LogP contribution in [0, 0.1) is 10.1 Å². The first-order valence-electron chi connectivity index (χ1n) is 6.93. The molecule has 0 aliphatic carbocycles. The van der Waals surface area contributed by atoms with Crippen molar-refractivity contribution in [2.75, 3.05) is 7.11 Å². The van der Waals surface area contributed by atoms with Gasteiger partial charge in [0.25, 0.3) is 5.69 Å². The van der Waals surface area contributed by atoms with E-state index in [4.69, 9.17) is 21.1 Å². The number of halogens is 4. The summed E-state index contributed by atoms with van der Waals surface area (Å²) in [6.45, 7) is 1.41. The van der Waals surface area contributed by atoms with E-state index in [1.807, 2.05) is 0 Å². The fraction of sp³-hybridized carbons (Fsp3) is 0.250. The van der Waals surface area contributed by atoms with E-state index in [9.17, 15) is 23.3 Å². The number of hydrogen-bond donors (Lipinski definition) is 0. The lowest BCUT2D eigenvalue weighted by Crippen LogP contribution is -2.32. The van der Waals surface area contributed by atoms with E-state index in [1.165, 1.54) is 32.2 Å². The third-order valence-corrected chi connectivity index (χ3v) is 3.84. The molecular formula is C16H13ClF3NO4. The van der Waals surface area contributed by atoms with E-state index in [-0.39, 0.29) is 22.0 Å². The monoisotopic (exact) mass is 375 g/mol. The van der Waals surface area contributed by atoms with Crippen molar-refractivity contribution in [1.29, 1.82) is 0 Å². The molecule has 0 N–H and O–H groups in total. The Morgan fingerprint density at radius 2 is 1.80 bits per heavy atom. The molecule has 0 aromatic heterocycles. The van der Waals surface area contributed by atoms with Crippen molar-refractivity contribution < 1.29 is 27.6 Å². The summed E-state index contributed by atoms with van der Waals surface area (Å²) in [6, 6.07) is 8.28. The molecule has 2 aromatic carbocycles. The SMILES string of the molecule is COC(C)(Oc1ccc(C(F)(F)F)cc1Cl)c1ccccc1[N+](=O)[O-]. The normalized spacial score (nSPS) is 14.0. The molecule has 2 rings (SSSR count). The van der Waals surface area contributed by atoms with Gasteiger partial charge in [0.2, 0.25) is 5.79 Å². The summed E-state index contributed by atoms with van der Waals surface area (Å²) in [5.41, 5.74) is -1.09. The molecule has 0 radical (unpaired) electrons. The van der Waals surface area contributed by atoms with E-state index < -0.39 is 22.5 Å². The maximum atomic E-state index is 12.7. The van der Waals surface area contributed by atoms with Gasteiger partial charge in [-0.2, -0.15) is 13.2 Å². The topological polar surface area (TPSA) is 61.6 Å². The van der Waals surface area contributed by atoms with Gasteiger partial charge in [-0.1, -0.05) is 23.7 Å². The van der Waals surface area contributed by atoms with Gasteiger partial charge >= 0.3 is 6.18 Å². The van der Waals surface area contributed by atoms with Crippen molar-refractivity contribution >= 4 is 17.3 Å². The highest BCUT2D eigenvalue weighted by atomic mass is 35.5. The minimum atomic E-state index is -4.55. The van der Waals surface area contributed by atoms with Crippen molar-refractivity contribution in [2.45, 2.75) is 18.9 Å². The lowest BCUT2D eigenvalue weighted by atomic mass is 10.0. The molecule has 9 heteroatoms. The van der Waals surface area contributed by atoms with E-state index >= 15 is 0 Å². The Morgan fingerprint density at radius 1 is 1.16 bits per heavy atom. The number of ether oxygens (including phenoxy) is 2. The number of nitrogens with zero attached hydrogens (tertiary/aromatic N) is 1. The number of nitro groups is 1. The maximum absolute atomic E-state index is 12.7. The second-order valence-corrected chi connectivity index (χ2v) is 5.58. The summed E-state index contributed by atoms with van der Waals surface area (Å²) >= 11 is 5.87. The number of alkyl halides is 3. The van der Waals surface area contributed by atoms with Crippen molar-refractivity contribution in [1.82, 2.24) is 0 Å². The van der Waals surface area contributed by atoms with E-state index in [1.54, 1.807) is 6.07 Å². The van der Waals surface area contributed by atoms with Gasteiger partial charge in [-0.3, -0.25) is 10.1 Å². The minimum absolute atomic E-state index is 0.0958. The summed E-state index contributed by atoms with van der Waals surface area (Å²) in [5, 5.41) is 10.9. The molecule has 0 saturated carbocycles. The van der Waals surface area contributed by atoms with E-state index in [0.29, 0.717) is 6.07 Å². The van der Waals surface area contributed by atoms with Gasteiger partial charge in [-0.15, -0.1) is 0 Å². The fourth-order valence-corrected chi connectivity index (χ4v) is 2.41. The molecule has 0 aliphatic rings. The first kappa shape index (κ1) is 19.0. The van der Waals surface area contributed by atoms with Gasteiger partial charge < -0.3 is 9.47 Å². The largest absolute Gasteiger partial charge is 0.456 e. The Balaban J connectivity index is 2.45. The molecule has 0 bridgehead atoms. The summed E-state index contributed by atoms with van der Waals surface area (Å²) in [7, 11) is 1.26. The summed E-state index contributed by atoms with van der Waals surface area (Å²) < 4.78 is 49.0. The number of hydrogen-bond acceptors (Lipinski definition) is 4. The molecule has 2 aromatic rings. The Hall–Kier alpha value is -2.32. The molecule has 0 saturated heterocycles. The third-order valence-electron chi connectivity index (χ3n) is 3.54. The van der Waals surface area contributed by atoms with Crippen molar-refractivity contribution in [3.63, 3.8) is 0 Å². The average molecular weight is 376 g/mol. The van der Waals surface area contributed by atoms with Crippen LogP contribution in [0.2, 0.25) is 5.02 Å². The molecule has 1 unspecified atom stereocenters. The molecule has 0 spiro atoms. The quantitative estimate of drug-likeness (QED) is 0.411. The third kappa shape index (κ3) is 4.02. The predicted octanol–water partition coefficient (Wildman–Crippen LogP) is 5.17. The van der Waals surface area contributed by atoms with E-state index in [0.717, 1.165) is 12.1 Å². The Morgan fingerprint density at radius 3 is 2.32 bits per heavy atom. The Bertz CT molecular complexity index is 797.